The molecule has 76 valence electrons. The van der Waals surface area contributed by atoms with Crippen LogP contribution in [-0.4, -0.2) is 27.3 Å². The van der Waals surface area contributed by atoms with E-state index in [-0.39, 0.29) is 5.69 Å². The van der Waals surface area contributed by atoms with Gasteiger partial charge in [-0.25, -0.2) is 4.79 Å². The number of hydrogen-bond acceptors (Lipinski definition) is 4. The van der Waals surface area contributed by atoms with E-state index in [9.17, 15) is 4.79 Å². The van der Waals surface area contributed by atoms with Crippen LogP contribution in [0.3, 0.4) is 0 Å². The number of carbonyl (C=O) groups is 1. The summed E-state index contributed by atoms with van der Waals surface area (Å²) < 4.78 is 0. The number of aliphatic hydroxyl groups is 1. The van der Waals surface area contributed by atoms with Crippen LogP contribution in [-0.2, 0) is 4.79 Å². The van der Waals surface area contributed by atoms with E-state index in [2.05, 4.69) is 4.98 Å². The molecule has 0 radical (unpaired) electrons. The van der Waals surface area contributed by atoms with Crippen LogP contribution in [0.5, 0.6) is 0 Å². The van der Waals surface area contributed by atoms with Crippen LogP contribution >= 0.6 is 11.6 Å². The van der Waals surface area contributed by atoms with E-state index < -0.39 is 18.1 Å². The van der Waals surface area contributed by atoms with Crippen molar-refractivity contribution in [3.05, 3.63) is 29.0 Å². The lowest BCUT2D eigenvalue weighted by Gasteiger charge is -2.13. The third-order valence-corrected chi connectivity index (χ3v) is 1.91. The summed E-state index contributed by atoms with van der Waals surface area (Å²) in [6.45, 7) is 0. The largest absolute Gasteiger partial charge is 0.479 e. The summed E-state index contributed by atoms with van der Waals surface area (Å²) in [5, 5.41) is 18.0. The van der Waals surface area contributed by atoms with E-state index in [1.54, 1.807) is 0 Å². The van der Waals surface area contributed by atoms with E-state index in [0.29, 0.717) is 5.02 Å². The van der Waals surface area contributed by atoms with Crippen molar-refractivity contribution < 1.29 is 15.0 Å². The summed E-state index contributed by atoms with van der Waals surface area (Å²) in [4.78, 5) is 14.2. The number of rotatable bonds is 3. The zero-order chi connectivity index (χ0) is 10.7. The fourth-order valence-corrected chi connectivity index (χ4v) is 1.01. The second-order valence-corrected chi connectivity index (χ2v) is 3.15. The Morgan fingerprint density at radius 3 is 2.64 bits per heavy atom. The standard InChI is InChI=1S/C8H9ClN2O3/c9-4-1-2-5(11-3-4)6(10)7(12)8(13)14/h1-3,6-7,12H,10H2,(H,13,14)/t6-,7+/m0/s1. The summed E-state index contributed by atoms with van der Waals surface area (Å²) >= 11 is 5.58. The van der Waals surface area contributed by atoms with Gasteiger partial charge in [0.1, 0.15) is 0 Å². The van der Waals surface area contributed by atoms with Crippen LogP contribution in [0.15, 0.2) is 18.3 Å². The Kier molecular flexibility index (Phi) is 3.40. The van der Waals surface area contributed by atoms with Crippen LogP contribution in [0.2, 0.25) is 5.02 Å². The topological polar surface area (TPSA) is 96.4 Å². The van der Waals surface area contributed by atoms with E-state index in [1.807, 2.05) is 0 Å². The molecule has 1 heterocycles. The maximum atomic E-state index is 10.4. The molecule has 0 aliphatic rings. The highest BCUT2D eigenvalue weighted by Gasteiger charge is 2.24. The molecule has 0 aliphatic carbocycles. The molecule has 5 nitrogen and oxygen atoms in total. The maximum Gasteiger partial charge on any atom is 0.334 e. The van der Waals surface area contributed by atoms with Crippen molar-refractivity contribution in [2.45, 2.75) is 12.1 Å². The zero-order valence-electron chi connectivity index (χ0n) is 7.09. The van der Waals surface area contributed by atoms with Gasteiger partial charge in [0.05, 0.1) is 16.8 Å². The average Bonchev–Trinajstić information content (AvgIpc) is 2.16. The number of aromatic nitrogens is 1. The Morgan fingerprint density at radius 2 is 2.21 bits per heavy atom. The average molecular weight is 217 g/mol. The molecule has 0 unspecified atom stereocenters. The second kappa shape index (κ2) is 4.36. The third-order valence-electron chi connectivity index (χ3n) is 1.68. The van der Waals surface area contributed by atoms with Gasteiger partial charge in [0, 0.05) is 6.20 Å². The van der Waals surface area contributed by atoms with Crippen molar-refractivity contribution in [1.29, 1.82) is 0 Å². The van der Waals surface area contributed by atoms with Gasteiger partial charge >= 0.3 is 5.97 Å². The number of nitrogens with two attached hydrogens (primary N) is 1. The predicted octanol–water partition coefficient (Wildman–Crippen LogP) is 0.180. The van der Waals surface area contributed by atoms with Crippen molar-refractivity contribution in [1.82, 2.24) is 4.98 Å². The molecular formula is C8H9ClN2O3. The van der Waals surface area contributed by atoms with Gasteiger partial charge in [-0.3, -0.25) is 4.98 Å². The van der Waals surface area contributed by atoms with Gasteiger partial charge in [-0.15, -0.1) is 0 Å². The van der Waals surface area contributed by atoms with Crippen molar-refractivity contribution in [2.75, 3.05) is 0 Å². The van der Waals surface area contributed by atoms with Crippen molar-refractivity contribution >= 4 is 17.6 Å². The van der Waals surface area contributed by atoms with Gasteiger partial charge in [0.25, 0.3) is 0 Å². The highest BCUT2D eigenvalue weighted by molar-refractivity contribution is 6.30. The van der Waals surface area contributed by atoms with E-state index in [0.717, 1.165) is 0 Å². The Hall–Kier alpha value is -1.17. The minimum Gasteiger partial charge on any atom is -0.479 e. The molecule has 0 fully saturated rings. The summed E-state index contributed by atoms with van der Waals surface area (Å²) in [5.74, 6) is -1.38. The monoisotopic (exact) mass is 216 g/mol. The van der Waals surface area contributed by atoms with E-state index in [1.165, 1.54) is 18.3 Å². The Balaban J connectivity index is 2.84. The van der Waals surface area contributed by atoms with Crippen molar-refractivity contribution in [3.8, 4) is 0 Å². The van der Waals surface area contributed by atoms with Gasteiger partial charge < -0.3 is 15.9 Å². The highest BCUT2D eigenvalue weighted by atomic mass is 35.5. The highest BCUT2D eigenvalue weighted by Crippen LogP contribution is 2.14. The quantitative estimate of drug-likeness (QED) is 0.670. The number of aliphatic carboxylic acids is 1. The first kappa shape index (κ1) is 10.9. The number of aliphatic hydroxyl groups excluding tert-OH is 1. The second-order valence-electron chi connectivity index (χ2n) is 2.71. The zero-order valence-corrected chi connectivity index (χ0v) is 7.85. The molecule has 0 saturated heterocycles. The van der Waals surface area contributed by atoms with Crippen molar-refractivity contribution in [3.63, 3.8) is 0 Å². The van der Waals surface area contributed by atoms with Gasteiger partial charge in [0.15, 0.2) is 6.10 Å². The number of pyridine rings is 1. The molecule has 0 amide bonds. The number of hydrogen-bond donors (Lipinski definition) is 3. The fourth-order valence-electron chi connectivity index (χ4n) is 0.900. The third kappa shape index (κ3) is 2.41. The lowest BCUT2D eigenvalue weighted by molar-refractivity contribution is -0.147. The van der Waals surface area contributed by atoms with E-state index >= 15 is 0 Å². The molecule has 1 aromatic heterocycles. The van der Waals surface area contributed by atoms with Crippen LogP contribution in [0.1, 0.15) is 11.7 Å². The SMILES string of the molecule is N[C@@H](c1ccc(Cl)cn1)[C@@H](O)C(=O)O. The summed E-state index contributed by atoms with van der Waals surface area (Å²) in [6, 6.07) is 1.95. The molecule has 14 heavy (non-hydrogen) atoms. The molecule has 2 atom stereocenters. The summed E-state index contributed by atoms with van der Waals surface area (Å²) in [5.41, 5.74) is 5.73. The minimum absolute atomic E-state index is 0.282. The maximum absolute atomic E-state index is 10.4. The van der Waals surface area contributed by atoms with Gasteiger partial charge in [-0.05, 0) is 12.1 Å². The molecule has 0 bridgehead atoms. The molecule has 0 saturated carbocycles. The van der Waals surface area contributed by atoms with Crippen LogP contribution in [0, 0.1) is 0 Å². The molecule has 1 aromatic rings. The van der Waals surface area contributed by atoms with Gasteiger partial charge in [0.2, 0.25) is 0 Å². The number of carboxylic acids is 1. The molecule has 1 rings (SSSR count). The molecule has 6 heteroatoms. The Morgan fingerprint density at radius 1 is 1.57 bits per heavy atom. The molecule has 0 aromatic carbocycles. The normalized spacial score (nSPS) is 14.8. The molecule has 4 N–H and O–H groups in total. The van der Waals surface area contributed by atoms with Gasteiger partial charge in [-0.1, -0.05) is 11.6 Å². The Labute approximate surface area is 85.1 Å². The Bertz CT molecular complexity index is 328. The van der Waals surface area contributed by atoms with Crippen LogP contribution < -0.4 is 5.73 Å². The van der Waals surface area contributed by atoms with Crippen LogP contribution in [0.25, 0.3) is 0 Å². The minimum atomic E-state index is -1.66. The smallest absolute Gasteiger partial charge is 0.334 e. The first-order valence-electron chi connectivity index (χ1n) is 3.80. The molecule has 0 aliphatic heterocycles. The first-order chi connectivity index (χ1) is 6.52. The number of halogens is 1. The number of nitrogens with zero attached hydrogens (tertiary/aromatic N) is 1. The lowest BCUT2D eigenvalue weighted by atomic mass is 10.1. The first-order valence-corrected chi connectivity index (χ1v) is 4.18. The molecular weight excluding hydrogens is 208 g/mol. The van der Waals surface area contributed by atoms with Gasteiger partial charge in [-0.2, -0.15) is 0 Å². The van der Waals surface area contributed by atoms with Crippen molar-refractivity contribution in [2.24, 2.45) is 5.73 Å². The number of carboxylic acid groups (broad SMARTS) is 1. The summed E-state index contributed by atoms with van der Waals surface area (Å²) in [6.07, 6.45) is -0.325. The summed E-state index contributed by atoms with van der Waals surface area (Å²) in [7, 11) is 0. The fraction of sp³-hybridized carbons (Fsp3) is 0.250. The predicted molar refractivity (Wildman–Crippen MR) is 49.8 cm³/mol. The van der Waals surface area contributed by atoms with E-state index in [4.69, 9.17) is 27.5 Å². The lowest BCUT2D eigenvalue weighted by Crippen LogP contribution is -2.33. The molecule has 0 spiro atoms. The van der Waals surface area contributed by atoms with Crippen LogP contribution in [0.4, 0.5) is 0 Å².